The number of hydrogen-bond donors (Lipinski definition) is 1. The smallest absolute Gasteiger partial charge is 0.269 e. The minimum absolute atomic E-state index is 0.0765. The van der Waals surface area contributed by atoms with Gasteiger partial charge < -0.3 is 0 Å². The molecule has 0 saturated carbocycles. The Labute approximate surface area is 126 Å². The van der Waals surface area contributed by atoms with E-state index < -0.39 is 4.92 Å². The van der Waals surface area contributed by atoms with Crippen LogP contribution in [0.15, 0.2) is 58.5 Å². The molecule has 0 fully saturated rings. The summed E-state index contributed by atoms with van der Waals surface area (Å²) in [4.78, 5) is 11.4. The molecule has 2 aromatic rings. The average Bonchev–Trinajstić information content (AvgIpc) is 2.53. The molecule has 0 atom stereocenters. The van der Waals surface area contributed by atoms with Crippen LogP contribution in [0.4, 0.5) is 11.4 Å². The first-order chi connectivity index (χ1) is 10.2. The van der Waals surface area contributed by atoms with Gasteiger partial charge in [-0.3, -0.25) is 15.5 Å². The third kappa shape index (κ3) is 3.05. The fraction of sp³-hybridized carbons (Fsp3) is 0.133. The fourth-order valence-electron chi connectivity index (χ4n) is 2.13. The largest absolute Gasteiger partial charge is 0.278 e. The van der Waals surface area contributed by atoms with E-state index in [9.17, 15) is 10.1 Å². The normalized spacial score (nSPS) is 15.5. The van der Waals surface area contributed by atoms with Gasteiger partial charge in [0.2, 0.25) is 0 Å². The van der Waals surface area contributed by atoms with E-state index in [1.54, 1.807) is 12.1 Å². The third-order valence-electron chi connectivity index (χ3n) is 3.19. The lowest BCUT2D eigenvalue weighted by Crippen LogP contribution is -2.11. The highest BCUT2D eigenvalue weighted by atomic mass is 32.2. The summed E-state index contributed by atoms with van der Waals surface area (Å²) in [6.45, 7) is 0. The number of rotatable bonds is 3. The number of thioether (sulfide) groups is 1. The highest BCUT2D eigenvalue weighted by Gasteiger charge is 2.15. The molecular weight excluding hydrogens is 286 g/mol. The van der Waals surface area contributed by atoms with Gasteiger partial charge in [0.15, 0.2) is 0 Å². The number of benzene rings is 2. The van der Waals surface area contributed by atoms with E-state index in [-0.39, 0.29) is 5.69 Å². The summed E-state index contributed by atoms with van der Waals surface area (Å²) in [7, 11) is 0. The van der Waals surface area contributed by atoms with Crippen molar-refractivity contribution in [2.75, 3.05) is 11.2 Å². The number of anilines is 1. The maximum atomic E-state index is 10.6. The Bertz CT molecular complexity index is 698. The molecule has 0 spiro atoms. The first-order valence-corrected chi connectivity index (χ1v) is 7.52. The second-order valence-corrected chi connectivity index (χ2v) is 5.71. The number of non-ortho nitro benzene ring substituents is 1. The molecule has 1 aliphatic rings. The molecule has 0 unspecified atom stereocenters. The van der Waals surface area contributed by atoms with Crippen LogP contribution < -0.4 is 5.43 Å². The summed E-state index contributed by atoms with van der Waals surface area (Å²) >= 11 is 1.84. The predicted octanol–water partition coefficient (Wildman–Crippen LogP) is 3.91. The zero-order valence-corrected chi connectivity index (χ0v) is 12.0. The lowest BCUT2D eigenvalue weighted by atomic mass is 10.1. The molecule has 0 radical (unpaired) electrons. The SMILES string of the molecule is O=[N+]([O-])c1ccc(NN=C2CCSc3ccccc32)cc1. The fourth-order valence-corrected chi connectivity index (χ4v) is 3.16. The van der Waals surface area contributed by atoms with Gasteiger partial charge >= 0.3 is 0 Å². The Balaban J connectivity index is 1.79. The van der Waals surface area contributed by atoms with E-state index in [4.69, 9.17) is 0 Å². The molecule has 6 heteroatoms. The van der Waals surface area contributed by atoms with Gasteiger partial charge in [0, 0.05) is 34.8 Å². The van der Waals surface area contributed by atoms with Crippen LogP contribution in [0.25, 0.3) is 0 Å². The van der Waals surface area contributed by atoms with Gasteiger partial charge in [0.1, 0.15) is 0 Å². The first kappa shape index (κ1) is 13.6. The Hall–Kier alpha value is -2.34. The molecule has 21 heavy (non-hydrogen) atoms. The van der Waals surface area contributed by atoms with Gasteiger partial charge in [0.05, 0.1) is 16.3 Å². The van der Waals surface area contributed by atoms with Crippen molar-refractivity contribution in [3.05, 3.63) is 64.2 Å². The van der Waals surface area contributed by atoms with Crippen molar-refractivity contribution in [2.45, 2.75) is 11.3 Å². The number of fused-ring (bicyclic) bond motifs is 1. The first-order valence-electron chi connectivity index (χ1n) is 6.53. The molecule has 2 aromatic carbocycles. The Morgan fingerprint density at radius 3 is 2.67 bits per heavy atom. The molecule has 0 aromatic heterocycles. The average molecular weight is 299 g/mol. The Morgan fingerprint density at radius 2 is 1.90 bits per heavy atom. The summed E-state index contributed by atoms with van der Waals surface area (Å²) in [5, 5.41) is 15.1. The highest BCUT2D eigenvalue weighted by Crippen LogP contribution is 2.30. The number of hydrogen-bond acceptors (Lipinski definition) is 5. The molecule has 1 N–H and O–H groups in total. The number of nitrogens with one attached hydrogen (secondary N) is 1. The highest BCUT2D eigenvalue weighted by molar-refractivity contribution is 7.99. The van der Waals surface area contributed by atoms with E-state index in [1.807, 2.05) is 23.9 Å². The van der Waals surface area contributed by atoms with Crippen molar-refractivity contribution in [3.63, 3.8) is 0 Å². The molecule has 1 heterocycles. The monoisotopic (exact) mass is 299 g/mol. The van der Waals surface area contributed by atoms with Crippen LogP contribution in [-0.2, 0) is 0 Å². The molecule has 0 aliphatic carbocycles. The van der Waals surface area contributed by atoms with Crippen LogP contribution in [-0.4, -0.2) is 16.4 Å². The minimum Gasteiger partial charge on any atom is -0.278 e. The van der Waals surface area contributed by atoms with E-state index in [0.717, 1.165) is 29.1 Å². The van der Waals surface area contributed by atoms with Gasteiger partial charge in [-0.05, 0) is 18.2 Å². The van der Waals surface area contributed by atoms with E-state index in [0.29, 0.717) is 0 Å². The van der Waals surface area contributed by atoms with Crippen molar-refractivity contribution < 1.29 is 4.92 Å². The van der Waals surface area contributed by atoms with E-state index in [1.165, 1.54) is 17.0 Å². The Kier molecular flexibility index (Phi) is 3.87. The van der Waals surface area contributed by atoms with Crippen molar-refractivity contribution in [1.82, 2.24) is 0 Å². The van der Waals surface area contributed by atoms with Gasteiger partial charge in [-0.2, -0.15) is 5.10 Å². The molecule has 5 nitrogen and oxygen atoms in total. The molecular formula is C15H13N3O2S. The number of hydrazone groups is 1. The lowest BCUT2D eigenvalue weighted by molar-refractivity contribution is -0.384. The second-order valence-electron chi connectivity index (χ2n) is 4.57. The molecule has 0 saturated heterocycles. The van der Waals surface area contributed by atoms with Crippen LogP contribution in [0.2, 0.25) is 0 Å². The van der Waals surface area contributed by atoms with Gasteiger partial charge in [0.25, 0.3) is 5.69 Å². The number of nitrogens with zero attached hydrogens (tertiary/aromatic N) is 2. The molecule has 106 valence electrons. The number of nitro groups is 1. The molecule has 3 rings (SSSR count). The molecule has 0 amide bonds. The summed E-state index contributed by atoms with van der Waals surface area (Å²) < 4.78 is 0. The second kappa shape index (κ2) is 5.97. The Morgan fingerprint density at radius 1 is 1.14 bits per heavy atom. The van der Waals surface area contributed by atoms with Crippen LogP contribution >= 0.6 is 11.8 Å². The van der Waals surface area contributed by atoms with E-state index >= 15 is 0 Å². The molecule has 0 bridgehead atoms. The van der Waals surface area contributed by atoms with Crippen LogP contribution in [0, 0.1) is 10.1 Å². The zero-order valence-electron chi connectivity index (χ0n) is 11.2. The summed E-state index contributed by atoms with van der Waals surface area (Å²) in [6.07, 6.45) is 0.904. The predicted molar refractivity (Wildman–Crippen MR) is 85.0 cm³/mol. The summed E-state index contributed by atoms with van der Waals surface area (Å²) in [6, 6.07) is 14.4. The quantitative estimate of drug-likeness (QED) is 0.689. The summed E-state index contributed by atoms with van der Waals surface area (Å²) in [5.41, 5.74) is 5.97. The van der Waals surface area contributed by atoms with Crippen molar-refractivity contribution in [2.24, 2.45) is 5.10 Å². The van der Waals surface area contributed by atoms with Gasteiger partial charge in [-0.25, -0.2) is 0 Å². The maximum Gasteiger partial charge on any atom is 0.269 e. The zero-order chi connectivity index (χ0) is 14.7. The van der Waals surface area contributed by atoms with Crippen LogP contribution in [0.1, 0.15) is 12.0 Å². The van der Waals surface area contributed by atoms with Crippen LogP contribution in [0.3, 0.4) is 0 Å². The topological polar surface area (TPSA) is 67.5 Å². The van der Waals surface area contributed by atoms with E-state index in [2.05, 4.69) is 22.7 Å². The van der Waals surface area contributed by atoms with Crippen molar-refractivity contribution in [1.29, 1.82) is 0 Å². The third-order valence-corrected chi connectivity index (χ3v) is 4.27. The lowest BCUT2D eigenvalue weighted by Gasteiger charge is -2.17. The van der Waals surface area contributed by atoms with Gasteiger partial charge in [-0.15, -0.1) is 11.8 Å². The minimum atomic E-state index is -0.412. The van der Waals surface area contributed by atoms with Crippen molar-refractivity contribution in [3.8, 4) is 0 Å². The summed E-state index contributed by atoms with van der Waals surface area (Å²) in [5.74, 6) is 1.01. The van der Waals surface area contributed by atoms with Crippen molar-refractivity contribution >= 4 is 28.8 Å². The molecule has 1 aliphatic heterocycles. The standard InChI is InChI=1S/C15H13N3O2S/c19-18(20)12-7-5-11(6-8-12)16-17-14-9-10-21-15-4-2-1-3-13(14)15/h1-8,16H,9-10H2. The number of nitro benzene ring substituents is 1. The van der Waals surface area contributed by atoms with Crippen LogP contribution in [0.5, 0.6) is 0 Å². The maximum absolute atomic E-state index is 10.6. The van der Waals surface area contributed by atoms with Gasteiger partial charge in [-0.1, -0.05) is 18.2 Å².